The van der Waals surface area contributed by atoms with Gasteiger partial charge in [0.25, 0.3) is 0 Å². The van der Waals surface area contributed by atoms with Crippen LogP contribution in [0.25, 0.3) is 0 Å². The first-order chi connectivity index (χ1) is 9.93. The van der Waals surface area contributed by atoms with E-state index in [0.29, 0.717) is 25.7 Å². The highest BCUT2D eigenvalue weighted by molar-refractivity contribution is 5.75. The van der Waals surface area contributed by atoms with E-state index in [0.717, 1.165) is 19.5 Å². The van der Waals surface area contributed by atoms with Gasteiger partial charge >= 0.3 is 12.0 Å². The largest absolute Gasteiger partial charge is 0.480 e. The number of rotatable bonds is 6. The third-order valence-corrected chi connectivity index (χ3v) is 4.28. The molecule has 120 valence electrons. The molecule has 0 radical (unpaired) electrons. The molecule has 0 aromatic heterocycles. The van der Waals surface area contributed by atoms with E-state index in [4.69, 9.17) is 9.84 Å². The van der Waals surface area contributed by atoms with Crippen LogP contribution in [0.2, 0.25) is 0 Å². The molecule has 0 aliphatic carbocycles. The normalized spacial score (nSPS) is 24.7. The number of ether oxygens (including phenoxy) is 1. The van der Waals surface area contributed by atoms with Crippen LogP contribution in [0.3, 0.4) is 0 Å². The molecule has 2 fully saturated rings. The lowest BCUT2D eigenvalue weighted by Gasteiger charge is -2.47. The number of aliphatic carboxylic acids is 1. The lowest BCUT2D eigenvalue weighted by atomic mass is 9.97. The molecule has 1 unspecified atom stereocenters. The van der Waals surface area contributed by atoms with Crippen molar-refractivity contribution in [3.63, 3.8) is 0 Å². The third-order valence-electron chi connectivity index (χ3n) is 4.28. The fourth-order valence-corrected chi connectivity index (χ4v) is 3.09. The second kappa shape index (κ2) is 6.62. The Morgan fingerprint density at radius 1 is 1.43 bits per heavy atom. The van der Waals surface area contributed by atoms with Gasteiger partial charge in [-0.05, 0) is 32.9 Å². The molecule has 1 atom stereocenters. The van der Waals surface area contributed by atoms with Crippen molar-refractivity contribution in [1.82, 2.24) is 15.1 Å². The van der Waals surface area contributed by atoms with Gasteiger partial charge in [0.1, 0.15) is 12.2 Å². The summed E-state index contributed by atoms with van der Waals surface area (Å²) >= 11 is 0. The average molecular weight is 299 g/mol. The number of likely N-dealkylation sites (N-methyl/N-ethyl adjacent to an activating group) is 1. The maximum absolute atomic E-state index is 12.0. The molecule has 2 aliphatic rings. The summed E-state index contributed by atoms with van der Waals surface area (Å²) in [5.74, 6) is -0.986. The first kappa shape index (κ1) is 16.0. The van der Waals surface area contributed by atoms with E-state index < -0.39 is 11.6 Å². The molecule has 2 N–H and O–H groups in total. The molecule has 2 rings (SSSR count). The van der Waals surface area contributed by atoms with E-state index in [1.54, 1.807) is 4.90 Å². The fourth-order valence-electron chi connectivity index (χ4n) is 3.09. The fraction of sp³-hybridized carbons (Fsp3) is 0.857. The third kappa shape index (κ3) is 4.07. The van der Waals surface area contributed by atoms with Crippen molar-refractivity contribution in [2.24, 2.45) is 0 Å². The predicted octanol–water partition coefficient (Wildman–Crippen LogP) is 0.356. The quantitative estimate of drug-likeness (QED) is 0.740. The Hall–Kier alpha value is -1.34. The van der Waals surface area contributed by atoms with Gasteiger partial charge in [0, 0.05) is 12.6 Å². The molecular weight excluding hydrogens is 274 g/mol. The molecule has 2 amide bonds. The molecule has 2 heterocycles. The molecule has 7 heteroatoms. The van der Waals surface area contributed by atoms with Crippen LogP contribution in [0.4, 0.5) is 4.79 Å². The zero-order valence-corrected chi connectivity index (χ0v) is 12.8. The molecule has 0 saturated carbocycles. The van der Waals surface area contributed by atoms with Crippen molar-refractivity contribution in [3.8, 4) is 0 Å². The van der Waals surface area contributed by atoms with Crippen molar-refractivity contribution in [1.29, 1.82) is 0 Å². The van der Waals surface area contributed by atoms with Crippen molar-refractivity contribution in [2.75, 3.05) is 39.3 Å². The second-order valence-corrected chi connectivity index (χ2v) is 6.10. The number of nitrogens with one attached hydrogen (secondary N) is 1. The Bertz CT molecular complexity index is 396. The summed E-state index contributed by atoms with van der Waals surface area (Å²) in [5, 5.41) is 11.6. The monoisotopic (exact) mass is 299 g/mol. The summed E-state index contributed by atoms with van der Waals surface area (Å²) in [7, 11) is 0. The van der Waals surface area contributed by atoms with E-state index in [-0.39, 0.29) is 12.6 Å². The van der Waals surface area contributed by atoms with Gasteiger partial charge in [-0.25, -0.2) is 9.59 Å². The Morgan fingerprint density at radius 3 is 2.76 bits per heavy atom. The van der Waals surface area contributed by atoms with Crippen LogP contribution in [0.5, 0.6) is 0 Å². The van der Waals surface area contributed by atoms with Gasteiger partial charge in [0.05, 0.1) is 13.1 Å². The van der Waals surface area contributed by atoms with E-state index in [2.05, 4.69) is 17.1 Å². The van der Waals surface area contributed by atoms with Crippen LogP contribution >= 0.6 is 0 Å². The zero-order valence-electron chi connectivity index (χ0n) is 12.8. The highest BCUT2D eigenvalue weighted by Gasteiger charge is 2.42. The number of urea groups is 1. The number of nitrogens with zero attached hydrogens (tertiary/aromatic N) is 2. The molecular formula is C14H25N3O4. The van der Waals surface area contributed by atoms with E-state index in [1.807, 2.05) is 6.92 Å². The number of hydrogen-bond donors (Lipinski definition) is 2. The number of carbonyl (C=O) groups is 2. The molecule has 0 aromatic rings. The van der Waals surface area contributed by atoms with Crippen molar-refractivity contribution in [2.45, 2.75) is 38.3 Å². The number of carboxylic acid groups (broad SMARTS) is 1. The molecule has 0 bridgehead atoms. The van der Waals surface area contributed by atoms with Crippen LogP contribution in [0, 0.1) is 0 Å². The van der Waals surface area contributed by atoms with Gasteiger partial charge in [0.2, 0.25) is 0 Å². The predicted molar refractivity (Wildman–Crippen MR) is 77.2 cm³/mol. The Morgan fingerprint density at radius 2 is 2.14 bits per heavy atom. The minimum atomic E-state index is -0.986. The summed E-state index contributed by atoms with van der Waals surface area (Å²) in [6.07, 6.45) is 2.33. The summed E-state index contributed by atoms with van der Waals surface area (Å²) in [6.45, 7) is 7.33. The molecule has 2 aliphatic heterocycles. The van der Waals surface area contributed by atoms with Gasteiger partial charge in [-0.3, -0.25) is 4.90 Å². The Labute approximate surface area is 125 Å². The number of carbonyl (C=O) groups excluding carboxylic acids is 1. The molecule has 7 nitrogen and oxygen atoms in total. The highest BCUT2D eigenvalue weighted by Crippen LogP contribution is 2.24. The maximum atomic E-state index is 12.0. The molecule has 21 heavy (non-hydrogen) atoms. The SMILES string of the molecule is CCN1CCCC1CNC(=O)N1CC(C)(OCC(=O)O)C1. The highest BCUT2D eigenvalue weighted by atomic mass is 16.5. The van der Waals surface area contributed by atoms with Gasteiger partial charge in [-0.2, -0.15) is 0 Å². The van der Waals surface area contributed by atoms with Gasteiger partial charge in [0.15, 0.2) is 0 Å². The van der Waals surface area contributed by atoms with Crippen LogP contribution < -0.4 is 5.32 Å². The summed E-state index contributed by atoms with van der Waals surface area (Å²) in [5.41, 5.74) is -0.529. The summed E-state index contributed by atoms with van der Waals surface area (Å²) in [4.78, 5) is 26.6. The van der Waals surface area contributed by atoms with E-state index in [9.17, 15) is 9.59 Å². The van der Waals surface area contributed by atoms with Gasteiger partial charge in [-0.15, -0.1) is 0 Å². The number of hydrogen-bond acceptors (Lipinski definition) is 4. The average Bonchev–Trinajstić information content (AvgIpc) is 2.86. The molecule has 2 saturated heterocycles. The minimum absolute atomic E-state index is 0.0886. The zero-order chi connectivity index (χ0) is 15.5. The lowest BCUT2D eigenvalue weighted by molar-refractivity contribution is -0.159. The van der Waals surface area contributed by atoms with E-state index in [1.165, 1.54) is 6.42 Å². The number of carboxylic acids is 1. The second-order valence-electron chi connectivity index (χ2n) is 6.10. The maximum Gasteiger partial charge on any atom is 0.329 e. The van der Waals surface area contributed by atoms with Crippen LogP contribution in [0.15, 0.2) is 0 Å². The van der Waals surface area contributed by atoms with Crippen molar-refractivity contribution < 1.29 is 19.4 Å². The van der Waals surface area contributed by atoms with Crippen LogP contribution in [0.1, 0.15) is 26.7 Å². The molecule has 0 aromatic carbocycles. The standard InChI is InChI=1S/C14H25N3O4/c1-3-16-6-4-5-11(16)7-15-13(20)17-9-14(2,10-17)21-8-12(18)19/h11H,3-10H2,1-2H3,(H,15,20)(H,18,19). The topological polar surface area (TPSA) is 82.1 Å². The van der Waals surface area contributed by atoms with Crippen molar-refractivity contribution >= 4 is 12.0 Å². The number of amides is 2. The van der Waals surface area contributed by atoms with Gasteiger partial charge < -0.3 is 20.1 Å². The summed E-state index contributed by atoms with van der Waals surface area (Å²) in [6, 6.07) is 0.351. The Kier molecular flexibility index (Phi) is 5.05. The summed E-state index contributed by atoms with van der Waals surface area (Å²) < 4.78 is 5.29. The Balaban J connectivity index is 1.68. The number of likely N-dealkylation sites (tertiary alicyclic amines) is 2. The van der Waals surface area contributed by atoms with Gasteiger partial charge in [-0.1, -0.05) is 6.92 Å². The smallest absolute Gasteiger partial charge is 0.329 e. The van der Waals surface area contributed by atoms with Crippen LogP contribution in [-0.4, -0.2) is 77.9 Å². The van der Waals surface area contributed by atoms with Crippen LogP contribution in [-0.2, 0) is 9.53 Å². The van der Waals surface area contributed by atoms with E-state index >= 15 is 0 Å². The first-order valence-corrected chi connectivity index (χ1v) is 7.56. The van der Waals surface area contributed by atoms with Crippen molar-refractivity contribution in [3.05, 3.63) is 0 Å². The lowest BCUT2D eigenvalue weighted by Crippen LogP contribution is -2.65. The molecule has 0 spiro atoms. The minimum Gasteiger partial charge on any atom is -0.480 e. The first-order valence-electron chi connectivity index (χ1n) is 7.56.